The fourth-order valence-corrected chi connectivity index (χ4v) is 6.70. The Labute approximate surface area is 253 Å². The normalized spacial score (nSPS) is 26.8. The van der Waals surface area contributed by atoms with Crippen LogP contribution in [-0.4, -0.2) is 61.5 Å². The highest BCUT2D eigenvalue weighted by molar-refractivity contribution is 7.81. The molecular weight excluding hydrogens is 544 g/mol. The van der Waals surface area contributed by atoms with E-state index in [0.717, 1.165) is 57.8 Å². The van der Waals surface area contributed by atoms with Crippen LogP contribution in [0.4, 0.5) is 0 Å². The molecule has 1 saturated carbocycles. The number of allylic oxidation sites excluding steroid dienone is 2. The van der Waals surface area contributed by atoms with Crippen molar-refractivity contribution in [2.75, 3.05) is 13.7 Å². The molecule has 0 spiro atoms. The molecule has 8 atom stereocenters. The van der Waals surface area contributed by atoms with Gasteiger partial charge in [0, 0.05) is 32.8 Å². The van der Waals surface area contributed by atoms with Crippen molar-refractivity contribution >= 4 is 30.5 Å². The van der Waals surface area contributed by atoms with Gasteiger partial charge in [-0.15, -0.1) is 0 Å². The molecular formula is C32H54O8S. The van der Waals surface area contributed by atoms with Crippen molar-refractivity contribution in [3.05, 3.63) is 12.2 Å². The first-order chi connectivity index (χ1) is 19.7. The van der Waals surface area contributed by atoms with Gasteiger partial charge in [-0.2, -0.15) is 12.6 Å². The Morgan fingerprint density at radius 2 is 1.80 bits per heavy atom. The third-order valence-electron chi connectivity index (χ3n) is 8.40. The zero-order valence-electron chi connectivity index (χ0n) is 25.9. The van der Waals surface area contributed by atoms with E-state index < -0.39 is 5.25 Å². The largest absolute Gasteiger partial charge is 0.468 e. The van der Waals surface area contributed by atoms with Crippen LogP contribution in [0.3, 0.4) is 0 Å². The summed E-state index contributed by atoms with van der Waals surface area (Å²) in [6.45, 7) is 7.99. The fraction of sp³-hybridized carbons (Fsp3) is 0.844. The Bertz CT molecular complexity index is 812. The van der Waals surface area contributed by atoms with Gasteiger partial charge in [0.1, 0.15) is 12.2 Å². The lowest BCUT2D eigenvalue weighted by Gasteiger charge is -2.36. The Morgan fingerprint density at radius 3 is 2.41 bits per heavy atom. The standard InChI is InChI=1S/C32H54O8S/c1-6-8-10-15-25(38-22(3)33)20-24(7-2)31-26(16-11-9-12-17-29(41)32(35)36-5)27(39-23(4)34)21-28(31)40-30-18-13-14-19-37-30/h9,11,24-31,41H,6-8,10,12-21H2,1-5H3/b11-9-/t24?,25?,26-,27-,28+,29?,30?,31+/m0/s1. The quantitative estimate of drug-likeness (QED) is 0.0620. The molecule has 9 heteroatoms. The molecule has 1 saturated heterocycles. The Morgan fingerprint density at radius 1 is 1.02 bits per heavy atom. The first-order valence-electron chi connectivity index (χ1n) is 15.7. The molecule has 1 aliphatic carbocycles. The van der Waals surface area contributed by atoms with Gasteiger partial charge in [0.05, 0.1) is 18.5 Å². The number of unbranched alkanes of at least 4 members (excludes halogenated alkanes) is 2. The summed E-state index contributed by atoms with van der Waals surface area (Å²) in [5, 5.41) is -0.457. The molecule has 8 nitrogen and oxygen atoms in total. The van der Waals surface area contributed by atoms with Crippen LogP contribution in [0.5, 0.6) is 0 Å². The van der Waals surface area contributed by atoms with Gasteiger partial charge < -0.3 is 23.7 Å². The van der Waals surface area contributed by atoms with Crippen molar-refractivity contribution in [3.63, 3.8) is 0 Å². The molecule has 0 amide bonds. The summed E-state index contributed by atoms with van der Waals surface area (Å²) in [5.74, 6) is -0.494. The molecule has 2 aliphatic rings. The molecule has 4 unspecified atom stereocenters. The smallest absolute Gasteiger partial charge is 0.318 e. The second-order valence-electron chi connectivity index (χ2n) is 11.6. The Balaban J connectivity index is 2.28. The maximum Gasteiger partial charge on any atom is 0.318 e. The minimum Gasteiger partial charge on any atom is -0.468 e. The van der Waals surface area contributed by atoms with Crippen molar-refractivity contribution < 1.29 is 38.1 Å². The molecule has 0 aromatic carbocycles. The number of thiol groups is 1. The first kappa shape index (κ1) is 35.6. The fourth-order valence-electron chi connectivity index (χ4n) is 6.45. The van der Waals surface area contributed by atoms with Gasteiger partial charge in [0.25, 0.3) is 0 Å². The molecule has 2 rings (SSSR count). The summed E-state index contributed by atoms with van der Waals surface area (Å²) in [6.07, 6.45) is 14.7. The molecule has 0 bridgehead atoms. The molecule has 0 radical (unpaired) electrons. The number of esters is 3. The molecule has 41 heavy (non-hydrogen) atoms. The Hall–Kier alpha value is -1.58. The number of ether oxygens (including phenoxy) is 5. The monoisotopic (exact) mass is 598 g/mol. The van der Waals surface area contributed by atoms with Crippen molar-refractivity contribution in [3.8, 4) is 0 Å². The Kier molecular flexibility index (Phi) is 17.0. The molecule has 0 aromatic rings. The molecule has 0 aromatic heterocycles. The number of rotatable bonds is 18. The highest BCUT2D eigenvalue weighted by atomic mass is 32.1. The second kappa shape index (κ2) is 19.6. The van der Waals surface area contributed by atoms with Gasteiger partial charge in [-0.05, 0) is 69.6 Å². The SMILES string of the molecule is CCCCCC(CC(CC)[C@@H]1[C@@H](C/C=C\CCC(S)C(=O)OC)[C@@H](OC(C)=O)C[C@H]1OC1CCCCO1)OC(C)=O. The van der Waals surface area contributed by atoms with E-state index in [1.807, 2.05) is 0 Å². The van der Waals surface area contributed by atoms with E-state index in [2.05, 4.69) is 38.6 Å². The van der Waals surface area contributed by atoms with Crippen LogP contribution in [0.25, 0.3) is 0 Å². The summed E-state index contributed by atoms with van der Waals surface area (Å²) < 4.78 is 29.1. The topological polar surface area (TPSA) is 97.4 Å². The van der Waals surface area contributed by atoms with E-state index in [-0.39, 0.29) is 60.3 Å². The number of hydrogen-bond acceptors (Lipinski definition) is 9. The summed E-state index contributed by atoms with van der Waals surface area (Å²) >= 11 is 4.33. The van der Waals surface area contributed by atoms with E-state index in [0.29, 0.717) is 32.3 Å². The summed E-state index contributed by atoms with van der Waals surface area (Å²) in [4.78, 5) is 35.8. The highest BCUT2D eigenvalue weighted by Gasteiger charge is 2.49. The maximum atomic E-state index is 12.2. The van der Waals surface area contributed by atoms with E-state index in [4.69, 9.17) is 23.7 Å². The predicted octanol–water partition coefficient (Wildman–Crippen LogP) is 6.59. The minimum atomic E-state index is -0.457. The molecule has 0 N–H and O–H groups in total. The van der Waals surface area contributed by atoms with Crippen LogP contribution in [0.15, 0.2) is 12.2 Å². The number of hydrogen-bond donors (Lipinski definition) is 1. The van der Waals surface area contributed by atoms with E-state index in [1.54, 1.807) is 0 Å². The number of methoxy groups -OCH3 is 1. The van der Waals surface area contributed by atoms with Gasteiger partial charge >= 0.3 is 17.9 Å². The molecule has 2 fully saturated rings. The third-order valence-corrected chi connectivity index (χ3v) is 8.87. The predicted molar refractivity (Wildman–Crippen MR) is 161 cm³/mol. The highest BCUT2D eigenvalue weighted by Crippen LogP contribution is 2.46. The van der Waals surface area contributed by atoms with Crippen LogP contribution >= 0.6 is 12.6 Å². The van der Waals surface area contributed by atoms with Crippen molar-refractivity contribution in [2.45, 2.75) is 141 Å². The lowest BCUT2D eigenvalue weighted by Crippen LogP contribution is -2.37. The molecule has 236 valence electrons. The second-order valence-corrected chi connectivity index (χ2v) is 12.2. The average molecular weight is 599 g/mol. The van der Waals surface area contributed by atoms with E-state index in [9.17, 15) is 14.4 Å². The zero-order valence-corrected chi connectivity index (χ0v) is 26.8. The van der Waals surface area contributed by atoms with Crippen molar-refractivity contribution in [2.24, 2.45) is 17.8 Å². The first-order valence-corrected chi connectivity index (χ1v) is 16.2. The van der Waals surface area contributed by atoms with Gasteiger partial charge in [-0.1, -0.05) is 45.3 Å². The summed E-state index contributed by atoms with van der Waals surface area (Å²) in [6, 6.07) is 0. The van der Waals surface area contributed by atoms with Gasteiger partial charge in [0.2, 0.25) is 0 Å². The van der Waals surface area contributed by atoms with Crippen LogP contribution in [-0.2, 0) is 38.1 Å². The van der Waals surface area contributed by atoms with Gasteiger partial charge in [0.15, 0.2) is 6.29 Å². The minimum absolute atomic E-state index is 0.0507. The van der Waals surface area contributed by atoms with Gasteiger partial charge in [-0.3, -0.25) is 14.4 Å². The van der Waals surface area contributed by atoms with Crippen LogP contribution in [0, 0.1) is 17.8 Å². The summed E-state index contributed by atoms with van der Waals surface area (Å²) in [7, 11) is 1.37. The average Bonchev–Trinajstić information content (AvgIpc) is 3.26. The molecule has 1 aliphatic heterocycles. The van der Waals surface area contributed by atoms with Gasteiger partial charge in [-0.25, -0.2) is 0 Å². The maximum absolute atomic E-state index is 12.2. The van der Waals surface area contributed by atoms with Crippen LogP contribution < -0.4 is 0 Å². The van der Waals surface area contributed by atoms with E-state index in [1.165, 1.54) is 21.0 Å². The lowest BCUT2D eigenvalue weighted by molar-refractivity contribution is -0.200. The molecule has 1 heterocycles. The van der Waals surface area contributed by atoms with Crippen LogP contribution in [0.2, 0.25) is 0 Å². The van der Waals surface area contributed by atoms with Crippen LogP contribution in [0.1, 0.15) is 111 Å². The van der Waals surface area contributed by atoms with Crippen molar-refractivity contribution in [1.82, 2.24) is 0 Å². The lowest BCUT2D eigenvalue weighted by atomic mass is 9.76. The summed E-state index contributed by atoms with van der Waals surface area (Å²) in [5.41, 5.74) is 0. The third kappa shape index (κ3) is 12.7. The van der Waals surface area contributed by atoms with E-state index >= 15 is 0 Å². The zero-order chi connectivity index (χ0) is 30.2. The number of carbonyl (C=O) groups excluding carboxylic acids is 3. The van der Waals surface area contributed by atoms with Crippen molar-refractivity contribution in [1.29, 1.82) is 0 Å². The number of carbonyl (C=O) groups is 3.